The van der Waals surface area contributed by atoms with Crippen molar-refractivity contribution in [2.75, 3.05) is 6.54 Å². The summed E-state index contributed by atoms with van der Waals surface area (Å²) in [6.07, 6.45) is 1.44. The van der Waals surface area contributed by atoms with Crippen molar-refractivity contribution in [2.24, 2.45) is 5.41 Å². The number of aromatic amines is 1. The van der Waals surface area contributed by atoms with Crippen LogP contribution in [0, 0.1) is 5.41 Å². The lowest BCUT2D eigenvalue weighted by Crippen LogP contribution is -2.49. The number of fused-ring (bicyclic) bond motifs is 3. The highest BCUT2D eigenvalue weighted by Crippen LogP contribution is 2.33. The second-order valence-electron chi connectivity index (χ2n) is 9.37. The molecule has 2 N–H and O–H groups in total. The molecule has 2 heterocycles. The van der Waals surface area contributed by atoms with Gasteiger partial charge in [0.15, 0.2) is 0 Å². The fourth-order valence-corrected chi connectivity index (χ4v) is 4.35. The Labute approximate surface area is 192 Å². The SMILES string of the molecule is CC(C)(C)CN1Cc2c(cc(Cl)c3[nH]ncc23)CC(NC(=O)OCc2ccccc2)C1=O. The van der Waals surface area contributed by atoms with E-state index in [9.17, 15) is 9.59 Å². The van der Waals surface area contributed by atoms with Crippen molar-refractivity contribution in [1.29, 1.82) is 0 Å². The standard InChI is InChI=1S/C24H27ClN4O3/c1-24(2,3)14-29-12-18-16(9-19(25)21-17(18)11-26-28-21)10-20(22(29)30)27-23(31)32-13-15-7-5-4-6-8-15/h4-9,11,20H,10,12-14H2,1-3H3,(H,26,28)(H,27,31). The molecule has 3 aromatic rings. The van der Waals surface area contributed by atoms with Gasteiger partial charge in [-0.1, -0.05) is 62.7 Å². The molecule has 1 unspecified atom stereocenters. The zero-order valence-corrected chi connectivity index (χ0v) is 19.2. The summed E-state index contributed by atoms with van der Waals surface area (Å²) < 4.78 is 5.36. The van der Waals surface area contributed by atoms with Crippen molar-refractivity contribution in [3.8, 4) is 0 Å². The molecule has 1 atom stereocenters. The minimum atomic E-state index is -0.748. The summed E-state index contributed by atoms with van der Waals surface area (Å²) in [5.74, 6) is -0.138. The molecule has 7 nitrogen and oxygen atoms in total. The summed E-state index contributed by atoms with van der Waals surface area (Å²) in [6.45, 7) is 7.35. The van der Waals surface area contributed by atoms with Crippen LogP contribution in [0.4, 0.5) is 4.79 Å². The topological polar surface area (TPSA) is 87.3 Å². The molecule has 0 bridgehead atoms. The number of nitrogens with zero attached hydrogens (tertiary/aromatic N) is 2. The van der Waals surface area contributed by atoms with Gasteiger partial charge in [-0.05, 0) is 28.2 Å². The van der Waals surface area contributed by atoms with Crippen LogP contribution in [0.3, 0.4) is 0 Å². The minimum absolute atomic E-state index is 0.111. The third kappa shape index (κ3) is 4.88. The molecule has 1 aliphatic rings. The number of ether oxygens (including phenoxy) is 1. The van der Waals surface area contributed by atoms with Crippen molar-refractivity contribution < 1.29 is 14.3 Å². The van der Waals surface area contributed by atoms with Gasteiger partial charge in [-0.15, -0.1) is 0 Å². The molecule has 2 aromatic carbocycles. The van der Waals surface area contributed by atoms with E-state index in [0.29, 0.717) is 24.5 Å². The zero-order valence-electron chi connectivity index (χ0n) is 18.4. The number of amides is 2. The highest BCUT2D eigenvalue weighted by molar-refractivity contribution is 6.35. The molecule has 0 radical (unpaired) electrons. The maximum atomic E-state index is 13.5. The van der Waals surface area contributed by atoms with Gasteiger partial charge in [0.25, 0.3) is 0 Å². The van der Waals surface area contributed by atoms with Crippen LogP contribution < -0.4 is 5.32 Å². The summed E-state index contributed by atoms with van der Waals surface area (Å²) >= 11 is 6.46. The zero-order chi connectivity index (χ0) is 22.9. The first-order valence-corrected chi connectivity index (χ1v) is 11.0. The van der Waals surface area contributed by atoms with Crippen molar-refractivity contribution in [1.82, 2.24) is 20.4 Å². The largest absolute Gasteiger partial charge is 0.445 e. The number of H-pyrrole nitrogens is 1. The number of alkyl carbamates (subject to hydrolysis) is 1. The number of hydrogen-bond donors (Lipinski definition) is 2. The minimum Gasteiger partial charge on any atom is -0.445 e. The number of aromatic nitrogens is 2. The van der Waals surface area contributed by atoms with Gasteiger partial charge >= 0.3 is 6.09 Å². The second kappa shape index (κ2) is 8.82. The average Bonchev–Trinajstić information content (AvgIpc) is 3.19. The summed E-state index contributed by atoms with van der Waals surface area (Å²) in [5, 5.41) is 11.3. The summed E-state index contributed by atoms with van der Waals surface area (Å²) in [5.41, 5.74) is 3.44. The Hall–Kier alpha value is -3.06. The molecule has 1 aliphatic heterocycles. The van der Waals surface area contributed by atoms with Crippen molar-refractivity contribution >= 4 is 34.5 Å². The van der Waals surface area contributed by atoms with Crippen LogP contribution in [0.25, 0.3) is 10.9 Å². The van der Waals surface area contributed by atoms with Gasteiger partial charge in [-0.2, -0.15) is 5.10 Å². The van der Waals surface area contributed by atoms with E-state index in [0.717, 1.165) is 27.6 Å². The number of carbonyl (C=O) groups is 2. The van der Waals surface area contributed by atoms with Crippen molar-refractivity contribution in [3.63, 3.8) is 0 Å². The molecule has 1 aromatic heterocycles. The van der Waals surface area contributed by atoms with Gasteiger partial charge in [0, 0.05) is 24.9 Å². The third-order valence-corrected chi connectivity index (χ3v) is 5.74. The van der Waals surface area contributed by atoms with E-state index < -0.39 is 12.1 Å². The Balaban J connectivity index is 1.60. The Morgan fingerprint density at radius 2 is 2.06 bits per heavy atom. The summed E-state index contributed by atoms with van der Waals surface area (Å²) in [4.78, 5) is 27.8. The molecule has 168 valence electrons. The highest BCUT2D eigenvalue weighted by Gasteiger charge is 2.34. The van der Waals surface area contributed by atoms with Gasteiger partial charge in [0.1, 0.15) is 12.6 Å². The number of hydrogen-bond acceptors (Lipinski definition) is 4. The first-order valence-electron chi connectivity index (χ1n) is 10.6. The summed E-state index contributed by atoms with van der Waals surface area (Å²) in [6, 6.07) is 10.5. The molecule has 32 heavy (non-hydrogen) atoms. The van der Waals surface area contributed by atoms with E-state index in [4.69, 9.17) is 16.3 Å². The van der Waals surface area contributed by atoms with E-state index in [1.165, 1.54) is 0 Å². The molecule has 8 heteroatoms. The first-order chi connectivity index (χ1) is 15.2. The number of rotatable bonds is 4. The van der Waals surface area contributed by atoms with E-state index in [2.05, 4.69) is 36.3 Å². The van der Waals surface area contributed by atoms with E-state index >= 15 is 0 Å². The Bertz CT molecular complexity index is 1140. The lowest BCUT2D eigenvalue weighted by molar-refractivity contribution is -0.135. The molecule has 0 saturated carbocycles. The monoisotopic (exact) mass is 454 g/mol. The van der Waals surface area contributed by atoms with Gasteiger partial charge in [-0.25, -0.2) is 4.79 Å². The lowest BCUT2D eigenvalue weighted by Gasteiger charge is -2.31. The van der Waals surface area contributed by atoms with Gasteiger partial charge in [0.05, 0.1) is 16.7 Å². The van der Waals surface area contributed by atoms with Gasteiger partial charge in [-0.3, -0.25) is 9.89 Å². The van der Waals surface area contributed by atoms with E-state index in [1.54, 1.807) is 11.1 Å². The molecular formula is C24H27ClN4O3. The maximum Gasteiger partial charge on any atom is 0.408 e. The Kier molecular flexibility index (Phi) is 6.11. The van der Waals surface area contributed by atoms with Crippen LogP contribution in [0.15, 0.2) is 42.6 Å². The van der Waals surface area contributed by atoms with Crippen molar-refractivity contribution in [3.05, 3.63) is 64.3 Å². The molecule has 0 aliphatic carbocycles. The molecule has 0 saturated heterocycles. The third-order valence-electron chi connectivity index (χ3n) is 5.44. The fraction of sp³-hybridized carbons (Fsp3) is 0.375. The normalized spacial score (nSPS) is 16.6. The quantitative estimate of drug-likeness (QED) is 0.610. The first kappa shape index (κ1) is 22.1. The van der Waals surface area contributed by atoms with E-state index in [-0.39, 0.29) is 17.9 Å². The molecular weight excluding hydrogens is 428 g/mol. The van der Waals surface area contributed by atoms with Crippen molar-refractivity contribution in [2.45, 2.75) is 46.4 Å². The smallest absolute Gasteiger partial charge is 0.408 e. The van der Waals surface area contributed by atoms with Gasteiger partial charge in [0.2, 0.25) is 5.91 Å². The van der Waals surface area contributed by atoms with Crippen LogP contribution in [0.5, 0.6) is 0 Å². The molecule has 0 fully saturated rings. The van der Waals surface area contributed by atoms with Crippen LogP contribution in [-0.4, -0.2) is 39.7 Å². The van der Waals surface area contributed by atoms with Crippen LogP contribution in [0.2, 0.25) is 5.02 Å². The Morgan fingerprint density at radius 1 is 1.31 bits per heavy atom. The number of nitrogens with one attached hydrogen (secondary N) is 2. The molecule has 4 rings (SSSR count). The average molecular weight is 455 g/mol. The molecule has 2 amide bonds. The predicted octanol–water partition coefficient (Wildman–Crippen LogP) is 4.44. The van der Waals surface area contributed by atoms with E-state index in [1.807, 2.05) is 36.4 Å². The van der Waals surface area contributed by atoms with Gasteiger partial charge < -0.3 is 15.0 Å². The predicted molar refractivity (Wildman–Crippen MR) is 123 cm³/mol. The summed E-state index contributed by atoms with van der Waals surface area (Å²) in [7, 11) is 0. The highest BCUT2D eigenvalue weighted by atomic mass is 35.5. The lowest BCUT2D eigenvalue weighted by atomic mass is 9.95. The fourth-order valence-electron chi connectivity index (χ4n) is 4.07. The van der Waals surface area contributed by atoms with Crippen LogP contribution in [0.1, 0.15) is 37.5 Å². The van der Waals surface area contributed by atoms with Crippen LogP contribution in [-0.2, 0) is 29.1 Å². The number of benzene rings is 2. The van der Waals surface area contributed by atoms with Crippen LogP contribution >= 0.6 is 11.6 Å². The maximum absolute atomic E-state index is 13.5. The Morgan fingerprint density at radius 3 is 2.78 bits per heavy atom. The second-order valence-corrected chi connectivity index (χ2v) is 9.78. The molecule has 0 spiro atoms. The number of halogens is 1. The number of carbonyl (C=O) groups excluding carboxylic acids is 2.